The molecule has 1 aromatic heterocycles. The first kappa shape index (κ1) is 11.3. The van der Waals surface area contributed by atoms with Crippen molar-refractivity contribution in [2.75, 3.05) is 5.73 Å². The van der Waals surface area contributed by atoms with Crippen LogP contribution in [-0.2, 0) is 11.3 Å². The summed E-state index contributed by atoms with van der Waals surface area (Å²) in [5.41, 5.74) is 7.85. The predicted molar refractivity (Wildman–Crippen MR) is 56.4 cm³/mol. The van der Waals surface area contributed by atoms with Gasteiger partial charge in [-0.25, -0.2) is 19.6 Å². The van der Waals surface area contributed by atoms with Gasteiger partial charge in [-0.2, -0.15) is 0 Å². The minimum Gasteiger partial charge on any atom is -0.369 e. The lowest BCUT2D eigenvalue weighted by molar-refractivity contribution is -0.121. The fourth-order valence-electron chi connectivity index (χ4n) is 1.49. The molecule has 2 rings (SSSR count). The van der Waals surface area contributed by atoms with Gasteiger partial charge in [0.1, 0.15) is 6.54 Å². The second kappa shape index (κ2) is 3.98. The van der Waals surface area contributed by atoms with E-state index < -0.39 is 17.5 Å². The standard InChI is InChI=1S/C9H9F2N5O/c10-4-1-6-7(2-5(4)11)16(9(12)14-6)3-8(17)15-13/h1-2H,3,13H2,(H2,12,14)(H,15,17). The second-order valence-electron chi connectivity index (χ2n) is 3.38. The van der Waals surface area contributed by atoms with E-state index in [1.807, 2.05) is 5.43 Å². The van der Waals surface area contributed by atoms with Gasteiger partial charge >= 0.3 is 0 Å². The van der Waals surface area contributed by atoms with Crippen molar-refractivity contribution in [1.82, 2.24) is 15.0 Å². The molecule has 90 valence electrons. The molecule has 6 nitrogen and oxygen atoms in total. The van der Waals surface area contributed by atoms with Crippen molar-refractivity contribution in [2.24, 2.45) is 5.84 Å². The highest BCUT2D eigenvalue weighted by Crippen LogP contribution is 2.20. The van der Waals surface area contributed by atoms with Gasteiger partial charge in [0, 0.05) is 12.1 Å². The van der Waals surface area contributed by atoms with Crippen LogP contribution in [0, 0.1) is 11.6 Å². The number of nitrogen functional groups attached to an aromatic ring is 1. The number of amides is 1. The number of hydrogen-bond donors (Lipinski definition) is 3. The molecule has 0 fully saturated rings. The van der Waals surface area contributed by atoms with E-state index in [9.17, 15) is 13.6 Å². The molecule has 0 saturated carbocycles. The molecule has 0 bridgehead atoms. The highest BCUT2D eigenvalue weighted by atomic mass is 19.2. The van der Waals surface area contributed by atoms with Gasteiger partial charge in [-0.3, -0.25) is 10.2 Å². The summed E-state index contributed by atoms with van der Waals surface area (Å²) >= 11 is 0. The molecule has 0 saturated heterocycles. The van der Waals surface area contributed by atoms with E-state index in [1.54, 1.807) is 0 Å². The van der Waals surface area contributed by atoms with E-state index in [-0.39, 0.29) is 23.5 Å². The molecule has 0 radical (unpaired) electrons. The zero-order valence-corrected chi connectivity index (χ0v) is 8.58. The maximum atomic E-state index is 13.1. The normalized spacial score (nSPS) is 10.8. The van der Waals surface area contributed by atoms with Crippen LogP contribution in [-0.4, -0.2) is 15.5 Å². The molecule has 1 aromatic carbocycles. The summed E-state index contributed by atoms with van der Waals surface area (Å²) in [5, 5.41) is 0. The van der Waals surface area contributed by atoms with Crippen LogP contribution >= 0.6 is 0 Å². The Morgan fingerprint density at radius 2 is 2.06 bits per heavy atom. The quantitative estimate of drug-likeness (QED) is 0.388. The van der Waals surface area contributed by atoms with Crippen molar-refractivity contribution in [3.05, 3.63) is 23.8 Å². The number of halogens is 2. The number of fused-ring (bicyclic) bond motifs is 1. The topological polar surface area (TPSA) is 99.0 Å². The van der Waals surface area contributed by atoms with Crippen LogP contribution in [0.3, 0.4) is 0 Å². The first-order chi connectivity index (χ1) is 8.02. The second-order valence-corrected chi connectivity index (χ2v) is 3.38. The molecule has 1 heterocycles. The third-order valence-corrected chi connectivity index (χ3v) is 2.28. The first-order valence-corrected chi connectivity index (χ1v) is 4.63. The molecule has 0 aliphatic rings. The molecule has 0 atom stereocenters. The minimum absolute atomic E-state index is 0.0198. The molecule has 0 unspecified atom stereocenters. The van der Waals surface area contributed by atoms with E-state index in [4.69, 9.17) is 11.6 Å². The lowest BCUT2D eigenvalue weighted by atomic mass is 10.3. The zero-order valence-electron chi connectivity index (χ0n) is 8.58. The number of hydrogen-bond acceptors (Lipinski definition) is 4. The third-order valence-electron chi connectivity index (χ3n) is 2.28. The molecule has 1 amide bonds. The van der Waals surface area contributed by atoms with E-state index in [1.165, 1.54) is 4.57 Å². The lowest BCUT2D eigenvalue weighted by Crippen LogP contribution is -2.33. The van der Waals surface area contributed by atoms with Gasteiger partial charge in [0.15, 0.2) is 11.6 Å². The number of carbonyl (C=O) groups excluding carboxylic acids is 1. The molecule has 0 spiro atoms. The molecule has 0 aliphatic carbocycles. The number of imidazole rings is 1. The molecule has 2 aromatic rings. The number of nitrogens with two attached hydrogens (primary N) is 2. The Balaban J connectivity index is 2.58. The van der Waals surface area contributed by atoms with Gasteiger partial charge in [-0.1, -0.05) is 0 Å². The Morgan fingerprint density at radius 3 is 2.71 bits per heavy atom. The van der Waals surface area contributed by atoms with Crippen molar-refractivity contribution < 1.29 is 13.6 Å². The Morgan fingerprint density at radius 1 is 1.41 bits per heavy atom. The molecular weight excluding hydrogens is 232 g/mol. The van der Waals surface area contributed by atoms with Gasteiger partial charge < -0.3 is 10.3 Å². The van der Waals surface area contributed by atoms with Gasteiger partial charge in [0.05, 0.1) is 11.0 Å². The van der Waals surface area contributed by atoms with E-state index in [2.05, 4.69) is 4.98 Å². The zero-order chi connectivity index (χ0) is 12.6. The predicted octanol–water partition coefficient (Wildman–Crippen LogP) is -0.113. The Kier molecular flexibility index (Phi) is 2.64. The van der Waals surface area contributed by atoms with Gasteiger partial charge in [-0.15, -0.1) is 0 Å². The van der Waals surface area contributed by atoms with Crippen LogP contribution in [0.2, 0.25) is 0 Å². The maximum Gasteiger partial charge on any atom is 0.253 e. The number of hydrazine groups is 1. The summed E-state index contributed by atoms with van der Waals surface area (Å²) in [6.07, 6.45) is 0. The fraction of sp³-hybridized carbons (Fsp3) is 0.111. The molecular formula is C9H9F2N5O. The third kappa shape index (κ3) is 1.89. The van der Waals surface area contributed by atoms with Crippen LogP contribution < -0.4 is 17.0 Å². The lowest BCUT2D eigenvalue weighted by Gasteiger charge is -2.04. The van der Waals surface area contributed by atoms with Gasteiger partial charge in [0.25, 0.3) is 5.91 Å². The van der Waals surface area contributed by atoms with Crippen molar-refractivity contribution in [2.45, 2.75) is 6.54 Å². The Hall–Kier alpha value is -2.22. The average Bonchev–Trinajstić information content (AvgIpc) is 2.56. The number of anilines is 1. The van der Waals surface area contributed by atoms with Crippen LogP contribution in [0.15, 0.2) is 12.1 Å². The molecule has 5 N–H and O–H groups in total. The van der Waals surface area contributed by atoms with E-state index >= 15 is 0 Å². The summed E-state index contributed by atoms with van der Waals surface area (Å²) in [6.45, 7) is -0.218. The number of aromatic nitrogens is 2. The summed E-state index contributed by atoms with van der Waals surface area (Å²) < 4.78 is 27.3. The van der Waals surface area contributed by atoms with Crippen LogP contribution in [0.25, 0.3) is 11.0 Å². The largest absolute Gasteiger partial charge is 0.369 e. The van der Waals surface area contributed by atoms with Crippen molar-refractivity contribution >= 4 is 22.9 Å². The fourth-order valence-corrected chi connectivity index (χ4v) is 1.49. The summed E-state index contributed by atoms with van der Waals surface area (Å²) in [4.78, 5) is 14.9. The Bertz CT molecular complexity index is 595. The van der Waals surface area contributed by atoms with Crippen molar-refractivity contribution in [3.63, 3.8) is 0 Å². The highest BCUT2D eigenvalue weighted by molar-refractivity contribution is 5.82. The number of nitrogens with zero attached hydrogens (tertiary/aromatic N) is 2. The minimum atomic E-state index is -1.04. The van der Waals surface area contributed by atoms with Crippen molar-refractivity contribution in [1.29, 1.82) is 0 Å². The molecule has 8 heteroatoms. The smallest absolute Gasteiger partial charge is 0.253 e. The highest BCUT2D eigenvalue weighted by Gasteiger charge is 2.14. The van der Waals surface area contributed by atoms with Crippen LogP contribution in [0.1, 0.15) is 0 Å². The molecule has 0 aliphatic heterocycles. The van der Waals surface area contributed by atoms with E-state index in [0.29, 0.717) is 0 Å². The van der Waals surface area contributed by atoms with Crippen LogP contribution in [0.4, 0.5) is 14.7 Å². The first-order valence-electron chi connectivity index (χ1n) is 4.63. The SMILES string of the molecule is NNC(=O)Cn1c(N)nc2cc(F)c(F)cc21. The summed E-state index contributed by atoms with van der Waals surface area (Å²) in [7, 11) is 0. The summed E-state index contributed by atoms with van der Waals surface area (Å²) in [6, 6.07) is 1.84. The monoisotopic (exact) mass is 241 g/mol. The summed E-state index contributed by atoms with van der Waals surface area (Å²) in [5.74, 6) is 2.32. The molecule has 17 heavy (non-hydrogen) atoms. The number of nitrogens with one attached hydrogen (secondary N) is 1. The average molecular weight is 241 g/mol. The Labute approximate surface area is 94.2 Å². The number of benzene rings is 1. The number of carbonyl (C=O) groups is 1. The van der Waals surface area contributed by atoms with Crippen LogP contribution in [0.5, 0.6) is 0 Å². The van der Waals surface area contributed by atoms with E-state index in [0.717, 1.165) is 12.1 Å². The van der Waals surface area contributed by atoms with Gasteiger partial charge in [-0.05, 0) is 0 Å². The number of rotatable bonds is 2. The van der Waals surface area contributed by atoms with Gasteiger partial charge in [0.2, 0.25) is 5.95 Å². The van der Waals surface area contributed by atoms with Crippen molar-refractivity contribution in [3.8, 4) is 0 Å². The maximum absolute atomic E-state index is 13.1.